The molecular weight excluding hydrogens is 320 g/mol. The lowest BCUT2D eigenvalue weighted by Crippen LogP contribution is -2.23. The highest BCUT2D eigenvalue weighted by atomic mass is 16.6. The second-order valence-electron chi connectivity index (χ2n) is 6.18. The molecule has 2 aromatic carbocycles. The lowest BCUT2D eigenvalue weighted by molar-refractivity contribution is -0.386. The molecule has 0 radical (unpaired) electrons. The molecule has 0 spiro atoms. The van der Waals surface area contributed by atoms with E-state index in [9.17, 15) is 14.9 Å². The highest BCUT2D eigenvalue weighted by Gasteiger charge is 2.33. The third-order valence-corrected chi connectivity index (χ3v) is 4.72. The van der Waals surface area contributed by atoms with Crippen molar-refractivity contribution in [1.82, 2.24) is 0 Å². The Labute approximate surface area is 143 Å². The van der Waals surface area contributed by atoms with E-state index in [1.54, 1.807) is 24.3 Å². The third kappa shape index (κ3) is 2.65. The summed E-state index contributed by atoms with van der Waals surface area (Å²) in [5.41, 5.74) is 0.570. The maximum Gasteiger partial charge on any atom is 0.417 e. The van der Waals surface area contributed by atoms with E-state index in [1.165, 1.54) is 5.56 Å². The fourth-order valence-corrected chi connectivity index (χ4v) is 3.57. The van der Waals surface area contributed by atoms with Crippen LogP contribution in [0.1, 0.15) is 17.9 Å². The Morgan fingerprint density at radius 2 is 1.80 bits per heavy atom. The van der Waals surface area contributed by atoms with E-state index in [2.05, 4.69) is 12.1 Å². The molecule has 126 valence electrons. The molecule has 3 aromatic rings. The van der Waals surface area contributed by atoms with Gasteiger partial charge in [-0.3, -0.25) is 10.1 Å². The highest BCUT2D eigenvalue weighted by molar-refractivity contribution is 5.95. The minimum Gasteiger partial charge on any atom is -0.418 e. The van der Waals surface area contributed by atoms with Crippen molar-refractivity contribution in [2.45, 2.75) is 12.3 Å². The van der Waals surface area contributed by atoms with Crippen LogP contribution in [-0.2, 0) is 0 Å². The molecule has 0 unspecified atom stereocenters. The lowest BCUT2D eigenvalue weighted by Gasteiger charge is -2.19. The van der Waals surface area contributed by atoms with Crippen LogP contribution in [0.25, 0.3) is 11.0 Å². The van der Waals surface area contributed by atoms with Gasteiger partial charge >= 0.3 is 11.3 Å². The molecule has 1 aliphatic rings. The van der Waals surface area contributed by atoms with Crippen molar-refractivity contribution in [2.75, 3.05) is 18.0 Å². The quantitative estimate of drug-likeness (QED) is 0.414. The third-order valence-electron chi connectivity index (χ3n) is 4.72. The van der Waals surface area contributed by atoms with Crippen molar-refractivity contribution in [2.24, 2.45) is 0 Å². The summed E-state index contributed by atoms with van der Waals surface area (Å²) >= 11 is 0. The van der Waals surface area contributed by atoms with Crippen LogP contribution in [0.2, 0.25) is 0 Å². The van der Waals surface area contributed by atoms with Crippen molar-refractivity contribution < 1.29 is 9.34 Å². The zero-order valence-electron chi connectivity index (χ0n) is 13.4. The Hall–Kier alpha value is -3.15. The summed E-state index contributed by atoms with van der Waals surface area (Å²) in [4.78, 5) is 25.0. The Kier molecular flexibility index (Phi) is 3.72. The molecule has 0 N–H and O–H groups in total. The van der Waals surface area contributed by atoms with Crippen LogP contribution in [0.4, 0.5) is 11.4 Å². The summed E-state index contributed by atoms with van der Waals surface area (Å²) in [5.74, 6) is 0.284. The van der Waals surface area contributed by atoms with Crippen molar-refractivity contribution in [3.8, 4) is 0 Å². The topological polar surface area (TPSA) is 76.6 Å². The van der Waals surface area contributed by atoms with Crippen LogP contribution < -0.4 is 10.5 Å². The molecule has 1 saturated heterocycles. The fourth-order valence-electron chi connectivity index (χ4n) is 3.57. The van der Waals surface area contributed by atoms with Gasteiger partial charge in [-0.05, 0) is 24.1 Å². The number of nitrogens with zero attached hydrogens (tertiary/aromatic N) is 2. The van der Waals surface area contributed by atoms with Gasteiger partial charge in [-0.1, -0.05) is 42.5 Å². The highest BCUT2D eigenvalue weighted by Crippen LogP contribution is 2.38. The zero-order chi connectivity index (χ0) is 17.4. The molecule has 0 saturated carbocycles. The number of anilines is 1. The average molecular weight is 336 g/mol. The average Bonchev–Trinajstić information content (AvgIpc) is 3.10. The first kappa shape index (κ1) is 15.4. The first-order chi connectivity index (χ1) is 12.1. The van der Waals surface area contributed by atoms with Gasteiger partial charge in [-0.25, -0.2) is 4.79 Å². The number of fused-ring (bicyclic) bond motifs is 1. The Balaban J connectivity index is 1.82. The van der Waals surface area contributed by atoms with Crippen molar-refractivity contribution in [1.29, 1.82) is 0 Å². The summed E-state index contributed by atoms with van der Waals surface area (Å²) in [6, 6.07) is 17.1. The van der Waals surface area contributed by atoms with E-state index in [0.29, 0.717) is 29.7 Å². The number of para-hydroxylation sites is 1. The molecule has 4 rings (SSSR count). The molecule has 0 bridgehead atoms. The van der Waals surface area contributed by atoms with Crippen LogP contribution >= 0.6 is 0 Å². The van der Waals surface area contributed by atoms with E-state index >= 15 is 0 Å². The fraction of sp³-hybridized carbons (Fsp3) is 0.211. The van der Waals surface area contributed by atoms with Crippen LogP contribution in [0.3, 0.4) is 0 Å². The second-order valence-corrected chi connectivity index (χ2v) is 6.18. The minimum absolute atomic E-state index is 0.284. The Morgan fingerprint density at radius 3 is 2.56 bits per heavy atom. The lowest BCUT2D eigenvalue weighted by atomic mass is 9.99. The Morgan fingerprint density at radius 1 is 1.08 bits per heavy atom. The molecular formula is C19H16N2O4. The van der Waals surface area contributed by atoms with Gasteiger partial charge in [0.15, 0.2) is 0 Å². The number of hydrogen-bond donors (Lipinski definition) is 0. The van der Waals surface area contributed by atoms with Gasteiger partial charge < -0.3 is 9.32 Å². The van der Waals surface area contributed by atoms with Crippen LogP contribution in [0, 0.1) is 10.1 Å². The van der Waals surface area contributed by atoms with Gasteiger partial charge in [0.2, 0.25) is 0 Å². The van der Waals surface area contributed by atoms with E-state index in [1.807, 2.05) is 23.1 Å². The largest absolute Gasteiger partial charge is 0.418 e. The van der Waals surface area contributed by atoms with E-state index in [-0.39, 0.29) is 5.92 Å². The Bertz CT molecular complexity index is 997. The van der Waals surface area contributed by atoms with E-state index in [4.69, 9.17) is 4.42 Å². The number of rotatable bonds is 3. The standard InChI is InChI=1S/C19H16N2O4/c22-19-18(21(23)24)17(15-8-4-5-9-16(15)25-19)20-11-10-14(12-20)13-6-2-1-3-7-13/h1-9,14H,10-12H2/t14-/m1/s1. The molecule has 1 aliphatic heterocycles. The second kappa shape index (κ2) is 6.05. The first-order valence-electron chi connectivity index (χ1n) is 8.15. The first-order valence-corrected chi connectivity index (χ1v) is 8.15. The minimum atomic E-state index is -0.901. The molecule has 25 heavy (non-hydrogen) atoms. The predicted molar refractivity (Wildman–Crippen MR) is 95.2 cm³/mol. The molecule has 0 aliphatic carbocycles. The molecule has 1 fully saturated rings. The van der Waals surface area contributed by atoms with E-state index in [0.717, 1.165) is 6.42 Å². The molecule has 2 heterocycles. The summed E-state index contributed by atoms with van der Waals surface area (Å²) in [6.07, 6.45) is 0.885. The van der Waals surface area contributed by atoms with Gasteiger partial charge in [0.1, 0.15) is 11.3 Å². The molecule has 6 nitrogen and oxygen atoms in total. The van der Waals surface area contributed by atoms with Crippen LogP contribution in [0.5, 0.6) is 0 Å². The van der Waals surface area contributed by atoms with E-state index < -0.39 is 16.2 Å². The molecule has 0 amide bonds. The summed E-state index contributed by atoms with van der Waals surface area (Å²) in [5, 5.41) is 12.1. The summed E-state index contributed by atoms with van der Waals surface area (Å²) in [7, 11) is 0. The molecule has 1 atom stereocenters. The maximum absolute atomic E-state index is 12.2. The predicted octanol–water partition coefficient (Wildman–Crippen LogP) is 3.70. The molecule has 6 heteroatoms. The van der Waals surface area contributed by atoms with Gasteiger partial charge in [-0.15, -0.1) is 0 Å². The van der Waals surface area contributed by atoms with Crippen molar-refractivity contribution in [3.63, 3.8) is 0 Å². The number of benzene rings is 2. The summed E-state index contributed by atoms with van der Waals surface area (Å²) < 4.78 is 5.14. The smallest absolute Gasteiger partial charge is 0.417 e. The van der Waals surface area contributed by atoms with Gasteiger partial charge in [0, 0.05) is 24.4 Å². The monoisotopic (exact) mass is 336 g/mol. The van der Waals surface area contributed by atoms with Crippen LogP contribution in [0.15, 0.2) is 63.8 Å². The SMILES string of the molecule is O=c1oc2ccccc2c(N2CC[C@@H](c3ccccc3)C2)c1[N+](=O)[O-]. The van der Waals surface area contributed by atoms with Crippen molar-refractivity contribution >= 4 is 22.3 Å². The number of nitro groups is 1. The summed E-state index contributed by atoms with van der Waals surface area (Å²) in [6.45, 7) is 1.30. The van der Waals surface area contributed by atoms with Crippen molar-refractivity contribution in [3.05, 3.63) is 80.7 Å². The van der Waals surface area contributed by atoms with Gasteiger partial charge in [-0.2, -0.15) is 0 Å². The normalized spacial score (nSPS) is 17.1. The maximum atomic E-state index is 12.2. The van der Waals surface area contributed by atoms with Gasteiger partial charge in [0.05, 0.1) is 4.92 Å². The van der Waals surface area contributed by atoms with Gasteiger partial charge in [0.25, 0.3) is 0 Å². The molecule has 1 aromatic heterocycles. The number of hydrogen-bond acceptors (Lipinski definition) is 5. The zero-order valence-corrected chi connectivity index (χ0v) is 13.4. The van der Waals surface area contributed by atoms with Crippen LogP contribution in [-0.4, -0.2) is 18.0 Å².